The first-order chi connectivity index (χ1) is 41.3. The lowest BCUT2D eigenvalue weighted by Crippen LogP contribution is -2.62. The highest BCUT2D eigenvalue weighted by molar-refractivity contribution is 5.83. The molecule has 0 unspecified atom stereocenters. The maximum Gasteiger partial charge on any atom is 0.240 e. The van der Waals surface area contributed by atoms with Crippen molar-refractivity contribution in [3.8, 4) is 0 Å². The minimum atomic E-state index is -0.828. The predicted octanol–water partition coefficient (Wildman–Crippen LogP) is 8.20. The van der Waals surface area contributed by atoms with Crippen molar-refractivity contribution in [3.63, 3.8) is 0 Å². The Hall–Kier alpha value is -3.43. The molecule has 6 aliphatic carbocycles. The molecule has 10 fully saturated rings. The number of aldehydes is 1. The SMILES string of the molecule is C.CC(C)C[C@@H](CN1CCCC1)NCc1cccc(CN2O[C@@H](CO)[C@@H]([C@H](C)O)[C@H]2C(=O)N[C@H]2C[C@H]3C[C@@H]([C@@H]2C)C3(C)C)c1.CC(C)C[C@H](N)CN1CCCC1.C[C@@H]1[C@@H](NC(=O)[C@@H]2[C@H]([C@H](C)O)[C@H](CO)ON2Cc2cccc(C=O)c2)C[C@H]2C[C@@H]1C2(C)C. The molecule has 10 aliphatic rings. The number of nitrogens with one attached hydrogen (secondary N) is 3. The summed E-state index contributed by atoms with van der Waals surface area (Å²) in [6.45, 7) is 34.4. The molecule has 2 aromatic carbocycles. The average Bonchev–Trinajstić information content (AvgIpc) is 0.988. The van der Waals surface area contributed by atoms with Gasteiger partial charge in [0.1, 0.15) is 30.6 Å². The Morgan fingerprint density at radius 1 is 0.648 bits per heavy atom. The Balaban J connectivity index is 0.000000215. The van der Waals surface area contributed by atoms with Gasteiger partial charge in [-0.25, -0.2) is 0 Å². The van der Waals surface area contributed by atoms with E-state index in [2.05, 4.69) is 119 Å². The molecule has 0 radical (unpaired) electrons. The molecule has 18 atom stereocenters. The summed E-state index contributed by atoms with van der Waals surface area (Å²) < 4.78 is 0. The van der Waals surface area contributed by atoms with E-state index in [1.165, 1.54) is 70.3 Å². The largest absolute Gasteiger partial charge is 0.394 e. The van der Waals surface area contributed by atoms with Crippen LogP contribution in [0.5, 0.6) is 0 Å². The highest BCUT2D eigenvalue weighted by Crippen LogP contribution is 2.62. The predicted molar refractivity (Wildman–Crippen MR) is 349 cm³/mol. The van der Waals surface area contributed by atoms with Crippen molar-refractivity contribution in [2.45, 2.75) is 235 Å². The lowest BCUT2D eigenvalue weighted by atomic mass is 9.45. The molecule has 4 aliphatic heterocycles. The van der Waals surface area contributed by atoms with Crippen LogP contribution in [0, 0.1) is 70.0 Å². The van der Waals surface area contributed by atoms with Gasteiger partial charge < -0.3 is 51.9 Å². The molecule has 4 heterocycles. The fourth-order valence-corrected chi connectivity index (χ4v) is 17.2. The number of rotatable bonds is 24. The quantitative estimate of drug-likeness (QED) is 0.0464. The lowest BCUT2D eigenvalue weighted by Gasteiger charge is -2.62. The van der Waals surface area contributed by atoms with Gasteiger partial charge in [-0.1, -0.05) is 119 Å². The van der Waals surface area contributed by atoms with E-state index in [4.69, 9.17) is 15.4 Å². The van der Waals surface area contributed by atoms with Crippen LogP contribution in [0.1, 0.15) is 182 Å². The number of carbonyl (C=O) groups excluding carboxylic acids is 3. The fourth-order valence-electron chi connectivity index (χ4n) is 17.2. The molecule has 6 saturated carbocycles. The number of carbonyl (C=O) groups is 3. The second-order valence-electron chi connectivity index (χ2n) is 30.3. The monoisotopic (exact) mass is 1230 g/mol. The Labute approximate surface area is 530 Å². The molecular formula is C71H120N8O9. The molecule has 4 saturated heterocycles. The molecule has 2 amide bonds. The molecule has 0 spiro atoms. The fraction of sp³-hybridized carbons (Fsp3) is 0.789. The highest BCUT2D eigenvalue weighted by Gasteiger charge is 2.59. The van der Waals surface area contributed by atoms with Crippen molar-refractivity contribution in [2.75, 3.05) is 52.5 Å². The zero-order valence-corrected chi connectivity index (χ0v) is 55.3. The molecule has 12 rings (SSSR count). The van der Waals surface area contributed by atoms with E-state index < -0.39 is 48.3 Å². The van der Waals surface area contributed by atoms with E-state index >= 15 is 0 Å². The van der Waals surface area contributed by atoms with Crippen LogP contribution in [0.3, 0.4) is 0 Å². The zero-order valence-electron chi connectivity index (χ0n) is 55.3. The summed E-state index contributed by atoms with van der Waals surface area (Å²) in [6, 6.07) is 15.3. The maximum absolute atomic E-state index is 14.0. The Kier molecular flexibility index (Phi) is 26.1. The van der Waals surface area contributed by atoms with Gasteiger partial charge in [0.2, 0.25) is 11.8 Å². The van der Waals surface area contributed by atoms with Crippen LogP contribution >= 0.6 is 0 Å². The van der Waals surface area contributed by atoms with Crippen molar-refractivity contribution >= 4 is 18.1 Å². The van der Waals surface area contributed by atoms with E-state index in [1.807, 2.05) is 6.07 Å². The molecule has 4 bridgehead atoms. The molecule has 9 N–H and O–H groups in total. The van der Waals surface area contributed by atoms with Crippen LogP contribution < -0.4 is 21.7 Å². The van der Waals surface area contributed by atoms with Crippen molar-refractivity contribution in [1.82, 2.24) is 35.9 Å². The molecular weight excluding hydrogens is 1110 g/mol. The third-order valence-corrected chi connectivity index (χ3v) is 22.4. The number of nitrogens with zero attached hydrogens (tertiary/aromatic N) is 4. The van der Waals surface area contributed by atoms with Crippen LogP contribution in [0.25, 0.3) is 0 Å². The van der Waals surface area contributed by atoms with Gasteiger partial charge in [0.05, 0.1) is 38.5 Å². The number of aliphatic hydroxyl groups is 4. The standard InChI is InChI=1S/C35H58N4O4.C25H36N2O5.C10H22N2.CH4/c1-22(2)14-28(20-38-12-7-8-13-38)36-18-25-10-9-11-26(15-25)19-39-33(32(24(4)41)31(21-40)43-39)34(42)37-30-17-27-16-29(23(30)3)35(27,5)6;1-14-19-9-18(25(19,3)4)10-20(14)26-24(31)23-22(15(2)30)21(13-29)32-27(23)11-16-6-5-7-17(8-16)12-28;1-9(2)7-10(11)8-12-5-3-4-6-12;/h9-11,15,22-24,27-33,36,40-41H,7-8,12-14,16-21H2,1-6H3,(H,37,42);5-8,12,14-15,18-23,29-30H,9-11,13H2,1-4H3,(H,26,31);9-10H,3-8,11H2,1-2H3;1H4/t23-,24-,27+,28-,29-,30-,31-,32+,33-;14-,15-,18+,19-,20-,21-,22+,23-;10-;/m000./s1. The third kappa shape index (κ3) is 17.4. The molecule has 17 nitrogen and oxygen atoms in total. The van der Waals surface area contributed by atoms with E-state index in [-0.39, 0.29) is 51.1 Å². The van der Waals surface area contributed by atoms with E-state index in [9.17, 15) is 34.8 Å². The first-order valence-corrected chi connectivity index (χ1v) is 33.9. The molecule has 498 valence electrons. The van der Waals surface area contributed by atoms with Crippen LogP contribution in [0.15, 0.2) is 48.5 Å². The number of hydroxylamine groups is 4. The number of nitrogens with two attached hydrogens (primary N) is 1. The van der Waals surface area contributed by atoms with E-state index in [1.54, 1.807) is 42.2 Å². The number of fused-ring (bicyclic) bond motifs is 4. The molecule has 2 aromatic rings. The molecule has 88 heavy (non-hydrogen) atoms. The van der Waals surface area contributed by atoms with Gasteiger partial charge in [-0.15, -0.1) is 0 Å². The number of hydrogen-bond donors (Lipinski definition) is 8. The minimum absolute atomic E-state index is 0. The lowest BCUT2D eigenvalue weighted by molar-refractivity contribution is -0.183. The van der Waals surface area contributed by atoms with Crippen LogP contribution in [0.4, 0.5) is 0 Å². The molecule has 0 aromatic heterocycles. The second kappa shape index (κ2) is 31.9. The number of benzene rings is 2. The number of likely N-dealkylation sites (tertiary alicyclic amines) is 2. The summed E-state index contributed by atoms with van der Waals surface area (Å²) in [5, 5.41) is 55.0. The summed E-state index contributed by atoms with van der Waals surface area (Å²) in [5.41, 5.74) is 10.3. The molecule has 17 heteroatoms. The number of amides is 2. The minimum Gasteiger partial charge on any atom is -0.394 e. The maximum atomic E-state index is 14.0. The zero-order chi connectivity index (χ0) is 63.1. The third-order valence-electron chi connectivity index (χ3n) is 22.4. The Morgan fingerprint density at radius 2 is 1.08 bits per heavy atom. The van der Waals surface area contributed by atoms with Gasteiger partial charge in [-0.2, -0.15) is 10.1 Å². The van der Waals surface area contributed by atoms with Gasteiger partial charge in [-0.05, 0) is 185 Å². The van der Waals surface area contributed by atoms with Gasteiger partial charge in [0.15, 0.2) is 0 Å². The van der Waals surface area contributed by atoms with Crippen LogP contribution in [0.2, 0.25) is 0 Å². The van der Waals surface area contributed by atoms with Gasteiger partial charge in [0.25, 0.3) is 0 Å². The number of hydrogen-bond acceptors (Lipinski definition) is 15. The van der Waals surface area contributed by atoms with Crippen LogP contribution in [-0.4, -0.2) is 172 Å². The Morgan fingerprint density at radius 3 is 1.49 bits per heavy atom. The average molecular weight is 1230 g/mol. The summed E-state index contributed by atoms with van der Waals surface area (Å²) in [6.07, 6.45) is 9.98. The van der Waals surface area contributed by atoms with E-state index in [0.29, 0.717) is 76.4 Å². The summed E-state index contributed by atoms with van der Waals surface area (Å²) in [4.78, 5) is 55.9. The van der Waals surface area contributed by atoms with Crippen molar-refractivity contribution in [2.24, 2.45) is 75.7 Å². The van der Waals surface area contributed by atoms with Crippen molar-refractivity contribution in [1.29, 1.82) is 0 Å². The summed E-state index contributed by atoms with van der Waals surface area (Å²) in [5.74, 6) is 3.31. The Bertz CT molecular complexity index is 2500. The van der Waals surface area contributed by atoms with Crippen molar-refractivity contribution in [3.05, 3.63) is 70.8 Å². The summed E-state index contributed by atoms with van der Waals surface area (Å²) in [7, 11) is 0. The first kappa shape index (κ1) is 72.0. The topological polar surface area (TPSA) is 226 Å². The van der Waals surface area contributed by atoms with E-state index in [0.717, 1.165) is 68.6 Å². The van der Waals surface area contributed by atoms with Gasteiger partial charge in [0, 0.05) is 61.2 Å². The van der Waals surface area contributed by atoms with Gasteiger partial charge in [-0.3, -0.25) is 24.1 Å². The van der Waals surface area contributed by atoms with Gasteiger partial charge >= 0.3 is 0 Å². The van der Waals surface area contributed by atoms with Crippen molar-refractivity contribution < 1.29 is 44.5 Å². The smallest absolute Gasteiger partial charge is 0.240 e. The first-order valence-electron chi connectivity index (χ1n) is 33.9. The summed E-state index contributed by atoms with van der Waals surface area (Å²) >= 11 is 0. The normalized spacial score (nSPS) is 32.9. The van der Waals surface area contributed by atoms with Crippen LogP contribution in [-0.2, 0) is 38.9 Å². The second-order valence-corrected chi connectivity index (χ2v) is 30.3. The highest BCUT2D eigenvalue weighted by atomic mass is 16.7. The number of aliphatic hydroxyl groups excluding tert-OH is 4.